The molecule has 6 heteroatoms. The van der Waals surface area contributed by atoms with Gasteiger partial charge in [-0.3, -0.25) is 14.0 Å². The molecule has 0 unspecified atom stereocenters. The summed E-state index contributed by atoms with van der Waals surface area (Å²) in [6, 6.07) is 3.44. The molecule has 6 nitrogen and oxygen atoms in total. The molecule has 2 aromatic heterocycles. The smallest absolute Gasteiger partial charge is 0.274 e. The second-order valence-electron chi connectivity index (χ2n) is 4.00. The lowest BCUT2D eigenvalue weighted by Gasteiger charge is -2.07. The fourth-order valence-electron chi connectivity index (χ4n) is 1.74. The van der Waals surface area contributed by atoms with Crippen molar-refractivity contribution in [3.8, 4) is 5.88 Å². The molecule has 0 aliphatic rings. The fourth-order valence-corrected chi connectivity index (χ4v) is 1.74. The van der Waals surface area contributed by atoms with Crippen molar-refractivity contribution in [3.05, 3.63) is 52.5 Å². The van der Waals surface area contributed by atoms with Crippen LogP contribution in [0.3, 0.4) is 0 Å². The minimum absolute atomic E-state index is 0.203. The van der Waals surface area contributed by atoms with E-state index in [9.17, 15) is 14.7 Å². The molecule has 2 rings (SSSR count). The normalized spacial score (nSPS) is 10.4. The van der Waals surface area contributed by atoms with Gasteiger partial charge >= 0.3 is 0 Å². The molecular formula is C13H13N3O3. The van der Waals surface area contributed by atoms with Crippen molar-refractivity contribution < 1.29 is 9.90 Å². The molecule has 2 heterocycles. The third-order valence-corrected chi connectivity index (χ3v) is 2.66. The lowest BCUT2D eigenvalue weighted by Crippen LogP contribution is -2.32. The number of hydrogen-bond acceptors (Lipinski definition) is 4. The van der Waals surface area contributed by atoms with Crippen LogP contribution in [0.4, 0.5) is 0 Å². The maximum Gasteiger partial charge on any atom is 0.274 e. The van der Waals surface area contributed by atoms with Crippen LogP contribution in [-0.2, 0) is 0 Å². The van der Waals surface area contributed by atoms with Gasteiger partial charge in [-0.25, -0.2) is 0 Å². The number of carbonyl (C=O) groups excluding carboxylic acids is 1. The third kappa shape index (κ3) is 2.20. The van der Waals surface area contributed by atoms with E-state index in [1.165, 1.54) is 16.7 Å². The lowest BCUT2D eigenvalue weighted by atomic mass is 10.2. The SMILES string of the molecule is C=CCNC(=O)c1c(O)nc2c(C)cccn2c1=O. The predicted octanol–water partition coefficient (Wildman–Crippen LogP) is 0.624. The van der Waals surface area contributed by atoms with E-state index < -0.39 is 17.3 Å². The van der Waals surface area contributed by atoms with Crippen molar-refractivity contribution in [2.75, 3.05) is 6.54 Å². The zero-order valence-corrected chi connectivity index (χ0v) is 10.4. The van der Waals surface area contributed by atoms with Gasteiger partial charge in [0.05, 0.1) is 0 Å². The Kier molecular flexibility index (Phi) is 3.33. The van der Waals surface area contributed by atoms with Gasteiger partial charge in [-0.1, -0.05) is 12.1 Å². The van der Waals surface area contributed by atoms with Crippen LogP contribution in [0, 0.1) is 6.92 Å². The van der Waals surface area contributed by atoms with E-state index in [1.54, 1.807) is 19.1 Å². The summed E-state index contributed by atoms with van der Waals surface area (Å²) in [5.74, 6) is -1.24. The zero-order chi connectivity index (χ0) is 14.0. The number of aromatic hydroxyl groups is 1. The van der Waals surface area contributed by atoms with Crippen LogP contribution in [0.2, 0.25) is 0 Å². The molecule has 0 radical (unpaired) electrons. The Hall–Kier alpha value is -2.63. The summed E-state index contributed by atoms with van der Waals surface area (Å²) < 4.78 is 1.23. The number of rotatable bonds is 3. The van der Waals surface area contributed by atoms with E-state index in [0.29, 0.717) is 5.65 Å². The lowest BCUT2D eigenvalue weighted by molar-refractivity contribution is 0.0953. The third-order valence-electron chi connectivity index (χ3n) is 2.66. The molecule has 0 atom stereocenters. The number of hydrogen-bond donors (Lipinski definition) is 2. The van der Waals surface area contributed by atoms with Crippen LogP contribution in [0.15, 0.2) is 35.8 Å². The second kappa shape index (κ2) is 4.93. The molecule has 2 aromatic rings. The molecule has 1 amide bonds. The second-order valence-corrected chi connectivity index (χ2v) is 4.00. The number of carbonyl (C=O) groups is 1. The van der Waals surface area contributed by atoms with E-state index in [1.807, 2.05) is 0 Å². The van der Waals surface area contributed by atoms with Crippen LogP contribution in [0.25, 0.3) is 5.65 Å². The van der Waals surface area contributed by atoms with Gasteiger partial charge in [-0.05, 0) is 18.6 Å². The fraction of sp³-hybridized carbons (Fsp3) is 0.154. The summed E-state index contributed by atoms with van der Waals surface area (Å²) in [5.41, 5.74) is 0.0796. The van der Waals surface area contributed by atoms with Crippen LogP contribution >= 0.6 is 0 Å². The molecule has 0 aliphatic carbocycles. The van der Waals surface area contributed by atoms with E-state index in [-0.39, 0.29) is 12.1 Å². The van der Waals surface area contributed by atoms with Crippen molar-refractivity contribution >= 4 is 11.6 Å². The Morgan fingerprint density at radius 2 is 2.37 bits per heavy atom. The van der Waals surface area contributed by atoms with E-state index in [0.717, 1.165) is 5.56 Å². The summed E-state index contributed by atoms with van der Waals surface area (Å²) in [6.45, 7) is 5.42. The van der Waals surface area contributed by atoms with Gasteiger partial charge in [0, 0.05) is 12.7 Å². The quantitative estimate of drug-likeness (QED) is 0.792. The van der Waals surface area contributed by atoms with Crippen molar-refractivity contribution in [3.63, 3.8) is 0 Å². The number of nitrogens with one attached hydrogen (secondary N) is 1. The molecule has 19 heavy (non-hydrogen) atoms. The van der Waals surface area contributed by atoms with Crippen LogP contribution < -0.4 is 10.9 Å². The molecule has 0 bridgehead atoms. The molecular weight excluding hydrogens is 246 g/mol. The number of pyridine rings is 1. The van der Waals surface area contributed by atoms with Crippen LogP contribution in [0.5, 0.6) is 5.88 Å². The molecule has 0 spiro atoms. The Morgan fingerprint density at radius 3 is 3.05 bits per heavy atom. The summed E-state index contributed by atoms with van der Waals surface area (Å²) in [7, 11) is 0. The molecule has 0 aliphatic heterocycles. The first-order chi connectivity index (χ1) is 9.06. The Balaban J connectivity index is 2.67. The van der Waals surface area contributed by atoms with Crippen LogP contribution in [0.1, 0.15) is 15.9 Å². The Morgan fingerprint density at radius 1 is 1.63 bits per heavy atom. The maximum absolute atomic E-state index is 12.2. The number of nitrogens with zero attached hydrogens (tertiary/aromatic N) is 2. The highest BCUT2D eigenvalue weighted by atomic mass is 16.3. The minimum atomic E-state index is -0.675. The largest absolute Gasteiger partial charge is 0.493 e. The number of fused-ring (bicyclic) bond motifs is 1. The molecule has 0 aromatic carbocycles. The van der Waals surface area contributed by atoms with Crippen molar-refractivity contribution in [1.29, 1.82) is 0 Å². The monoisotopic (exact) mass is 259 g/mol. The highest BCUT2D eigenvalue weighted by Crippen LogP contribution is 2.13. The molecule has 0 saturated carbocycles. The summed E-state index contributed by atoms with van der Waals surface area (Å²) in [4.78, 5) is 27.9. The van der Waals surface area contributed by atoms with Gasteiger partial charge in [0.1, 0.15) is 5.65 Å². The van der Waals surface area contributed by atoms with Gasteiger partial charge in [-0.2, -0.15) is 4.98 Å². The maximum atomic E-state index is 12.2. The number of aryl methyl sites for hydroxylation is 1. The van der Waals surface area contributed by atoms with E-state index in [4.69, 9.17) is 0 Å². The van der Waals surface area contributed by atoms with E-state index in [2.05, 4.69) is 16.9 Å². The van der Waals surface area contributed by atoms with Gasteiger partial charge in [0.25, 0.3) is 11.5 Å². The van der Waals surface area contributed by atoms with Gasteiger partial charge in [-0.15, -0.1) is 6.58 Å². The highest BCUT2D eigenvalue weighted by Gasteiger charge is 2.19. The Bertz CT molecular complexity index is 719. The standard InChI is InChI=1S/C13H13N3O3/c1-3-6-14-11(17)9-12(18)15-10-8(2)5-4-7-16(10)13(9)19/h3-5,7,18H,1,6H2,2H3,(H,14,17). The number of aromatic nitrogens is 2. The van der Waals surface area contributed by atoms with Crippen molar-refractivity contribution in [2.24, 2.45) is 0 Å². The average molecular weight is 259 g/mol. The number of amides is 1. The van der Waals surface area contributed by atoms with Gasteiger partial charge in [0.15, 0.2) is 5.56 Å². The average Bonchev–Trinajstić information content (AvgIpc) is 2.38. The topological polar surface area (TPSA) is 83.7 Å². The van der Waals surface area contributed by atoms with E-state index >= 15 is 0 Å². The zero-order valence-electron chi connectivity index (χ0n) is 10.4. The van der Waals surface area contributed by atoms with Crippen molar-refractivity contribution in [1.82, 2.24) is 14.7 Å². The molecule has 0 fully saturated rings. The predicted molar refractivity (Wildman–Crippen MR) is 70.4 cm³/mol. The summed E-state index contributed by atoms with van der Waals surface area (Å²) >= 11 is 0. The minimum Gasteiger partial charge on any atom is -0.493 e. The van der Waals surface area contributed by atoms with Crippen molar-refractivity contribution in [2.45, 2.75) is 6.92 Å². The Labute approximate surface area is 109 Å². The molecule has 0 saturated heterocycles. The first-order valence-corrected chi connectivity index (χ1v) is 5.66. The van der Waals surface area contributed by atoms with Crippen LogP contribution in [-0.4, -0.2) is 26.9 Å². The first kappa shape index (κ1) is 12.8. The summed E-state index contributed by atoms with van der Waals surface area (Å²) in [6.07, 6.45) is 2.98. The van der Waals surface area contributed by atoms with Gasteiger partial charge < -0.3 is 10.4 Å². The first-order valence-electron chi connectivity index (χ1n) is 5.66. The summed E-state index contributed by atoms with van der Waals surface area (Å²) in [5, 5.41) is 12.2. The van der Waals surface area contributed by atoms with Gasteiger partial charge in [0.2, 0.25) is 5.88 Å². The molecule has 98 valence electrons. The highest BCUT2D eigenvalue weighted by molar-refractivity contribution is 5.96. The molecule has 2 N–H and O–H groups in total.